The molecule has 2 heterocycles. The van der Waals surface area contributed by atoms with Crippen LogP contribution in [0.25, 0.3) is 22.3 Å². The van der Waals surface area contributed by atoms with E-state index in [9.17, 15) is 18.0 Å². The molecule has 0 spiro atoms. The van der Waals surface area contributed by atoms with E-state index in [1.165, 1.54) is 28.9 Å². The molecular weight excluding hydrogens is 465 g/mol. The number of benzene rings is 2. The van der Waals surface area contributed by atoms with Gasteiger partial charge >= 0.3 is 6.36 Å². The molecular formula is C20H14BrF3N4O2. The van der Waals surface area contributed by atoms with E-state index in [1.54, 1.807) is 12.4 Å². The number of alkyl halides is 4. The van der Waals surface area contributed by atoms with Gasteiger partial charge in [0.1, 0.15) is 5.75 Å². The quantitative estimate of drug-likeness (QED) is 0.424. The fourth-order valence-electron chi connectivity index (χ4n) is 3.10. The average molecular weight is 479 g/mol. The summed E-state index contributed by atoms with van der Waals surface area (Å²) in [5, 5.41) is 3.43. The summed E-state index contributed by atoms with van der Waals surface area (Å²) in [4.78, 5) is 21.3. The second kappa shape index (κ2) is 7.94. The Morgan fingerprint density at radius 2 is 1.73 bits per heavy atom. The zero-order valence-corrected chi connectivity index (χ0v) is 16.9. The van der Waals surface area contributed by atoms with Crippen molar-refractivity contribution in [3.63, 3.8) is 0 Å². The van der Waals surface area contributed by atoms with Gasteiger partial charge < -0.3 is 4.74 Å². The molecule has 0 aliphatic carbocycles. The molecule has 154 valence electrons. The Bertz CT molecular complexity index is 1250. The van der Waals surface area contributed by atoms with Crippen LogP contribution in [-0.4, -0.2) is 26.1 Å². The molecule has 0 radical (unpaired) electrons. The average Bonchev–Trinajstić information content (AvgIpc) is 3.03. The highest BCUT2D eigenvalue weighted by Gasteiger charge is 2.31. The van der Waals surface area contributed by atoms with Crippen molar-refractivity contribution in [2.45, 2.75) is 18.2 Å². The van der Waals surface area contributed by atoms with Crippen molar-refractivity contribution in [2.75, 3.05) is 0 Å². The molecule has 2 aromatic carbocycles. The van der Waals surface area contributed by atoms with Crippen molar-refractivity contribution in [2.24, 2.45) is 0 Å². The zero-order chi connectivity index (χ0) is 21.3. The Hall–Kier alpha value is -3.14. The molecule has 0 atom stereocenters. The number of nitrogens with one attached hydrogen (secondary N) is 1. The lowest BCUT2D eigenvalue weighted by molar-refractivity contribution is -0.274. The van der Waals surface area contributed by atoms with Gasteiger partial charge in [-0.3, -0.25) is 19.9 Å². The molecule has 0 saturated heterocycles. The first kappa shape index (κ1) is 20.1. The standard InChI is InChI=1S/C20H14BrF3N4O2/c21-10-15-18(13-3-6-16-17(9-13)26-8-7-25-16)27-28(19(15)29)11-12-1-4-14(5-2-12)30-20(22,23)24/h1-9,27H,10-11H2. The Kier molecular flexibility index (Phi) is 5.33. The van der Waals surface area contributed by atoms with Crippen LogP contribution in [0.15, 0.2) is 59.7 Å². The van der Waals surface area contributed by atoms with E-state index in [-0.39, 0.29) is 17.9 Å². The van der Waals surface area contributed by atoms with Crippen molar-refractivity contribution in [3.05, 3.63) is 76.3 Å². The summed E-state index contributed by atoms with van der Waals surface area (Å²) in [7, 11) is 0. The summed E-state index contributed by atoms with van der Waals surface area (Å²) in [5.41, 5.74) is 3.81. The topological polar surface area (TPSA) is 72.8 Å². The first-order valence-corrected chi connectivity index (χ1v) is 9.89. The van der Waals surface area contributed by atoms with E-state index >= 15 is 0 Å². The van der Waals surface area contributed by atoms with Crippen LogP contribution in [-0.2, 0) is 11.9 Å². The third kappa shape index (κ3) is 4.23. The smallest absolute Gasteiger partial charge is 0.406 e. The van der Waals surface area contributed by atoms with Gasteiger partial charge in [-0.2, -0.15) is 0 Å². The van der Waals surface area contributed by atoms with Crippen LogP contribution >= 0.6 is 15.9 Å². The number of ether oxygens (including phenoxy) is 1. The van der Waals surface area contributed by atoms with Crippen molar-refractivity contribution >= 4 is 27.0 Å². The van der Waals surface area contributed by atoms with Crippen LogP contribution in [0.1, 0.15) is 11.1 Å². The number of hydrogen-bond donors (Lipinski definition) is 1. The van der Waals surface area contributed by atoms with Gasteiger partial charge in [-0.15, -0.1) is 13.2 Å². The number of rotatable bonds is 5. The molecule has 0 fully saturated rings. The second-order valence-corrected chi connectivity index (χ2v) is 7.00. The molecule has 4 aromatic rings. The van der Waals surface area contributed by atoms with E-state index in [0.29, 0.717) is 27.7 Å². The first-order valence-electron chi connectivity index (χ1n) is 8.77. The minimum absolute atomic E-state index is 0.165. The lowest BCUT2D eigenvalue weighted by Gasteiger charge is -2.09. The molecule has 6 nitrogen and oxygen atoms in total. The summed E-state index contributed by atoms with van der Waals surface area (Å²) in [6.45, 7) is 0.165. The van der Waals surface area contributed by atoms with E-state index in [4.69, 9.17) is 0 Å². The van der Waals surface area contributed by atoms with Crippen molar-refractivity contribution in [1.82, 2.24) is 19.7 Å². The van der Waals surface area contributed by atoms with Gasteiger partial charge in [0.15, 0.2) is 0 Å². The molecule has 0 saturated carbocycles. The number of H-pyrrole nitrogens is 1. The maximum Gasteiger partial charge on any atom is 0.573 e. The molecule has 4 rings (SSSR count). The van der Waals surface area contributed by atoms with E-state index in [1.807, 2.05) is 18.2 Å². The molecule has 10 heteroatoms. The lowest BCUT2D eigenvalue weighted by Crippen LogP contribution is -2.19. The van der Waals surface area contributed by atoms with Gasteiger partial charge in [0, 0.05) is 23.3 Å². The molecule has 1 N–H and O–H groups in total. The van der Waals surface area contributed by atoms with Gasteiger partial charge in [-0.25, -0.2) is 4.68 Å². The van der Waals surface area contributed by atoms with Crippen LogP contribution in [0.5, 0.6) is 5.75 Å². The van der Waals surface area contributed by atoms with Gasteiger partial charge in [-0.05, 0) is 29.8 Å². The fourth-order valence-corrected chi connectivity index (χ4v) is 3.62. The van der Waals surface area contributed by atoms with Crippen LogP contribution < -0.4 is 10.3 Å². The maximum absolute atomic E-state index is 12.8. The van der Waals surface area contributed by atoms with Gasteiger partial charge in [0.25, 0.3) is 5.56 Å². The minimum atomic E-state index is -4.75. The highest BCUT2D eigenvalue weighted by atomic mass is 79.9. The summed E-state index contributed by atoms with van der Waals surface area (Å²) in [6, 6.07) is 10.9. The van der Waals surface area contributed by atoms with E-state index in [0.717, 1.165) is 11.1 Å². The Morgan fingerprint density at radius 3 is 2.40 bits per heavy atom. The summed E-state index contributed by atoms with van der Waals surface area (Å²) in [6.07, 6.45) is -1.55. The predicted octanol–water partition coefficient (Wildman–Crippen LogP) is 4.63. The Morgan fingerprint density at radius 1 is 1.03 bits per heavy atom. The highest BCUT2D eigenvalue weighted by Crippen LogP contribution is 2.25. The van der Waals surface area contributed by atoms with Crippen molar-refractivity contribution in [3.8, 4) is 17.0 Å². The van der Waals surface area contributed by atoms with Crippen LogP contribution in [0, 0.1) is 0 Å². The third-order valence-corrected chi connectivity index (χ3v) is 5.00. The number of aromatic nitrogens is 4. The lowest BCUT2D eigenvalue weighted by atomic mass is 10.1. The number of fused-ring (bicyclic) bond motifs is 1. The number of halogens is 4. The van der Waals surface area contributed by atoms with Crippen molar-refractivity contribution in [1.29, 1.82) is 0 Å². The molecule has 0 unspecified atom stereocenters. The normalized spacial score (nSPS) is 11.7. The molecule has 0 aliphatic heterocycles. The number of aromatic amines is 1. The number of nitrogens with zero attached hydrogens (tertiary/aromatic N) is 3. The molecule has 2 aromatic heterocycles. The van der Waals surface area contributed by atoms with E-state index < -0.39 is 6.36 Å². The van der Waals surface area contributed by atoms with E-state index in [2.05, 4.69) is 35.7 Å². The summed E-state index contributed by atoms with van der Waals surface area (Å²) >= 11 is 3.36. The Labute approximate surface area is 176 Å². The predicted molar refractivity (Wildman–Crippen MR) is 108 cm³/mol. The summed E-state index contributed by atoms with van der Waals surface area (Å²) in [5.74, 6) is -0.316. The monoisotopic (exact) mass is 478 g/mol. The van der Waals surface area contributed by atoms with Crippen LogP contribution in [0.2, 0.25) is 0 Å². The first-order chi connectivity index (χ1) is 14.3. The maximum atomic E-state index is 12.8. The third-order valence-electron chi connectivity index (χ3n) is 4.44. The highest BCUT2D eigenvalue weighted by molar-refractivity contribution is 9.08. The van der Waals surface area contributed by atoms with Gasteiger partial charge in [0.2, 0.25) is 0 Å². The molecule has 0 aliphatic rings. The van der Waals surface area contributed by atoms with Gasteiger partial charge in [0.05, 0.1) is 28.8 Å². The largest absolute Gasteiger partial charge is 0.573 e. The van der Waals surface area contributed by atoms with Gasteiger partial charge in [-0.1, -0.05) is 34.1 Å². The Balaban J connectivity index is 1.65. The zero-order valence-electron chi connectivity index (χ0n) is 15.3. The minimum Gasteiger partial charge on any atom is -0.406 e. The van der Waals surface area contributed by atoms with Crippen molar-refractivity contribution < 1.29 is 17.9 Å². The fraction of sp³-hybridized carbons (Fsp3) is 0.150. The molecule has 0 bridgehead atoms. The second-order valence-electron chi connectivity index (χ2n) is 6.44. The van der Waals surface area contributed by atoms with Crippen LogP contribution in [0.3, 0.4) is 0 Å². The van der Waals surface area contributed by atoms with Crippen LogP contribution in [0.4, 0.5) is 13.2 Å². The molecule has 30 heavy (non-hydrogen) atoms. The molecule has 0 amide bonds. The number of hydrogen-bond acceptors (Lipinski definition) is 4. The SMILES string of the molecule is O=c1c(CBr)c(-c2ccc3nccnc3c2)[nH]n1Cc1ccc(OC(F)(F)F)cc1. The summed E-state index contributed by atoms with van der Waals surface area (Å²) < 4.78 is 42.2.